The number of aromatic amines is 1. The normalized spacial score (nSPS) is 11.0. The number of fused-ring (bicyclic) bond motifs is 1. The van der Waals surface area contributed by atoms with Crippen LogP contribution in [0.1, 0.15) is 28.9 Å². The minimum Gasteiger partial charge on any atom is -0.485 e. The van der Waals surface area contributed by atoms with Crippen LogP contribution in [0.25, 0.3) is 11.0 Å². The first-order valence-corrected chi connectivity index (χ1v) is 7.60. The molecule has 9 heteroatoms. The highest BCUT2D eigenvalue weighted by molar-refractivity contribution is 5.85. The van der Waals surface area contributed by atoms with E-state index in [0.717, 1.165) is 10.9 Å². The summed E-state index contributed by atoms with van der Waals surface area (Å²) in [6, 6.07) is 3.56. The van der Waals surface area contributed by atoms with Gasteiger partial charge in [0.2, 0.25) is 5.82 Å². The lowest BCUT2D eigenvalue weighted by atomic mass is 10.0. The predicted molar refractivity (Wildman–Crippen MR) is 86.4 cm³/mol. The lowest BCUT2D eigenvalue weighted by molar-refractivity contribution is -0.136. The molecule has 1 aromatic carbocycles. The van der Waals surface area contributed by atoms with Crippen LogP contribution in [0.15, 0.2) is 21.3 Å². The van der Waals surface area contributed by atoms with E-state index in [2.05, 4.69) is 20.6 Å². The van der Waals surface area contributed by atoms with Crippen molar-refractivity contribution in [2.24, 2.45) is 0 Å². The first kappa shape index (κ1) is 16.6. The van der Waals surface area contributed by atoms with Crippen molar-refractivity contribution in [1.82, 2.24) is 20.6 Å². The molecule has 3 rings (SSSR count). The topological polar surface area (TPSA) is 131 Å². The average Bonchev–Trinajstić information content (AvgIpc) is 3.08. The molecule has 0 spiro atoms. The predicted octanol–water partition coefficient (Wildman–Crippen LogP) is 1.52. The lowest BCUT2D eigenvalue weighted by Gasteiger charge is -2.12. The van der Waals surface area contributed by atoms with Gasteiger partial charge in [0, 0.05) is 22.9 Å². The van der Waals surface area contributed by atoms with Crippen LogP contribution in [-0.2, 0) is 17.8 Å². The summed E-state index contributed by atoms with van der Waals surface area (Å²) in [5, 5.41) is 23.0. The van der Waals surface area contributed by atoms with Gasteiger partial charge in [0.1, 0.15) is 11.3 Å². The number of hydrogen-bond acceptors (Lipinski definition) is 7. The Morgan fingerprint density at radius 2 is 2.12 bits per heavy atom. The summed E-state index contributed by atoms with van der Waals surface area (Å²) in [4.78, 5) is 23.0. The lowest BCUT2D eigenvalue weighted by Crippen LogP contribution is -2.13. The smallest absolute Gasteiger partial charge is 0.339 e. The van der Waals surface area contributed by atoms with Crippen molar-refractivity contribution in [1.29, 1.82) is 0 Å². The molecular weight excluding hydrogens is 328 g/mol. The molecule has 0 saturated carbocycles. The molecule has 2 N–H and O–H groups in total. The number of ether oxygens (including phenoxy) is 1. The maximum Gasteiger partial charge on any atom is 0.339 e. The Labute approximate surface area is 141 Å². The molecule has 2 aromatic heterocycles. The summed E-state index contributed by atoms with van der Waals surface area (Å²) in [6.45, 7) is 3.70. The van der Waals surface area contributed by atoms with Gasteiger partial charge in [0.15, 0.2) is 6.61 Å². The third-order valence-corrected chi connectivity index (χ3v) is 3.99. The second-order valence-electron chi connectivity index (χ2n) is 5.57. The van der Waals surface area contributed by atoms with Gasteiger partial charge in [-0.25, -0.2) is 4.79 Å². The van der Waals surface area contributed by atoms with E-state index in [1.54, 1.807) is 26.0 Å². The molecule has 0 aliphatic carbocycles. The van der Waals surface area contributed by atoms with Gasteiger partial charge in [-0.05, 0) is 38.0 Å². The molecule has 0 fully saturated rings. The Kier molecular flexibility index (Phi) is 4.46. The molecule has 0 radical (unpaired) electrons. The van der Waals surface area contributed by atoms with Crippen molar-refractivity contribution in [3.8, 4) is 5.75 Å². The van der Waals surface area contributed by atoms with Crippen molar-refractivity contribution in [2.45, 2.75) is 33.3 Å². The fourth-order valence-corrected chi connectivity index (χ4v) is 2.63. The summed E-state index contributed by atoms with van der Waals surface area (Å²) in [7, 11) is 0. The number of carbonyl (C=O) groups is 1. The van der Waals surface area contributed by atoms with Crippen LogP contribution in [0, 0.1) is 13.8 Å². The molecule has 130 valence electrons. The zero-order valence-corrected chi connectivity index (χ0v) is 13.7. The highest BCUT2D eigenvalue weighted by atomic mass is 16.5. The van der Waals surface area contributed by atoms with E-state index in [0.29, 0.717) is 28.3 Å². The molecule has 25 heavy (non-hydrogen) atoms. The van der Waals surface area contributed by atoms with Gasteiger partial charge in [0.05, 0.1) is 0 Å². The quantitative estimate of drug-likeness (QED) is 0.643. The minimum atomic E-state index is -0.958. The molecule has 0 amide bonds. The summed E-state index contributed by atoms with van der Waals surface area (Å²) in [5.41, 5.74) is 1.68. The second kappa shape index (κ2) is 6.71. The van der Waals surface area contributed by atoms with Crippen LogP contribution in [-0.4, -0.2) is 31.7 Å². The first-order valence-electron chi connectivity index (χ1n) is 7.60. The number of hydrogen-bond donors (Lipinski definition) is 2. The summed E-state index contributed by atoms with van der Waals surface area (Å²) < 4.78 is 11.1. The summed E-state index contributed by atoms with van der Waals surface area (Å²) >= 11 is 0. The molecule has 2 heterocycles. The maximum atomic E-state index is 12.2. The Hall–Kier alpha value is -3.23. The van der Waals surface area contributed by atoms with Gasteiger partial charge in [-0.3, -0.25) is 4.79 Å². The van der Waals surface area contributed by atoms with E-state index in [4.69, 9.17) is 14.3 Å². The van der Waals surface area contributed by atoms with Crippen molar-refractivity contribution in [3.63, 3.8) is 0 Å². The van der Waals surface area contributed by atoms with E-state index in [1.165, 1.54) is 0 Å². The number of nitrogens with zero attached hydrogens (tertiary/aromatic N) is 3. The molecule has 0 unspecified atom stereocenters. The zero-order chi connectivity index (χ0) is 18.0. The molecule has 0 bridgehead atoms. The number of rotatable bonds is 6. The molecule has 0 aliphatic heterocycles. The maximum absolute atomic E-state index is 12.2. The summed E-state index contributed by atoms with van der Waals surface area (Å²) in [5.74, 6) is -0.0143. The van der Waals surface area contributed by atoms with Gasteiger partial charge in [0.25, 0.3) is 0 Å². The number of aromatic nitrogens is 4. The number of aliphatic carboxylic acids is 1. The third kappa shape index (κ3) is 3.35. The number of H-pyrrole nitrogens is 1. The van der Waals surface area contributed by atoms with E-state index in [1.807, 2.05) is 0 Å². The second-order valence-corrected chi connectivity index (χ2v) is 5.57. The standard InChI is InChI=1S/C16H16N4O5/c1-8-10-3-5-12(24-7-13-17-19-20-18-13)9(2)15(10)25-16(23)11(8)4-6-14(21)22/h3,5H,4,6-7H2,1-2H3,(H,21,22)(H,17,18,19,20). The number of benzene rings is 1. The van der Waals surface area contributed by atoms with E-state index >= 15 is 0 Å². The van der Waals surface area contributed by atoms with Crippen molar-refractivity contribution < 1.29 is 19.1 Å². The fourth-order valence-electron chi connectivity index (χ4n) is 2.63. The van der Waals surface area contributed by atoms with Crippen LogP contribution in [0.2, 0.25) is 0 Å². The molecule has 0 aliphatic rings. The number of nitrogens with one attached hydrogen (secondary N) is 1. The van der Waals surface area contributed by atoms with Crippen molar-refractivity contribution in [3.05, 3.63) is 45.1 Å². The van der Waals surface area contributed by atoms with Crippen LogP contribution in [0.4, 0.5) is 0 Å². The highest BCUT2D eigenvalue weighted by Gasteiger charge is 2.16. The van der Waals surface area contributed by atoms with Crippen LogP contribution < -0.4 is 10.4 Å². The Morgan fingerprint density at radius 1 is 1.32 bits per heavy atom. The minimum absolute atomic E-state index is 0.123. The zero-order valence-electron chi connectivity index (χ0n) is 13.7. The largest absolute Gasteiger partial charge is 0.485 e. The molecule has 9 nitrogen and oxygen atoms in total. The number of aryl methyl sites for hydroxylation is 2. The molecule has 0 atom stereocenters. The fraction of sp³-hybridized carbons (Fsp3) is 0.312. The van der Waals surface area contributed by atoms with E-state index in [9.17, 15) is 9.59 Å². The van der Waals surface area contributed by atoms with E-state index < -0.39 is 11.6 Å². The van der Waals surface area contributed by atoms with Crippen LogP contribution in [0.5, 0.6) is 5.75 Å². The van der Waals surface area contributed by atoms with Gasteiger partial charge in [-0.1, -0.05) is 5.21 Å². The van der Waals surface area contributed by atoms with Gasteiger partial charge < -0.3 is 14.3 Å². The number of tetrazole rings is 1. The Morgan fingerprint density at radius 3 is 2.80 bits per heavy atom. The van der Waals surface area contributed by atoms with Crippen molar-refractivity contribution in [2.75, 3.05) is 0 Å². The number of carboxylic acids is 1. The monoisotopic (exact) mass is 344 g/mol. The Balaban J connectivity index is 1.97. The van der Waals surface area contributed by atoms with Gasteiger partial charge in [-0.2, -0.15) is 5.21 Å². The molecular formula is C16H16N4O5. The SMILES string of the molecule is Cc1c(CCC(=O)O)c(=O)oc2c(C)c(OCc3nn[nH]n3)ccc12. The molecule has 3 aromatic rings. The van der Waals surface area contributed by atoms with Crippen LogP contribution >= 0.6 is 0 Å². The Bertz CT molecular complexity index is 978. The average molecular weight is 344 g/mol. The van der Waals surface area contributed by atoms with Crippen molar-refractivity contribution >= 4 is 16.9 Å². The summed E-state index contributed by atoms with van der Waals surface area (Å²) in [6.07, 6.45) is 0.0105. The van der Waals surface area contributed by atoms with Crippen LogP contribution in [0.3, 0.4) is 0 Å². The first-order chi connectivity index (χ1) is 12.0. The third-order valence-electron chi connectivity index (χ3n) is 3.99. The molecule has 0 saturated heterocycles. The van der Waals surface area contributed by atoms with E-state index in [-0.39, 0.29) is 19.4 Å². The number of carboxylic acid groups (broad SMARTS) is 1. The van der Waals surface area contributed by atoms with Gasteiger partial charge in [-0.15, -0.1) is 10.2 Å². The van der Waals surface area contributed by atoms with Gasteiger partial charge >= 0.3 is 11.6 Å². The highest BCUT2D eigenvalue weighted by Crippen LogP contribution is 2.30.